The summed E-state index contributed by atoms with van der Waals surface area (Å²) in [5.41, 5.74) is 8.13. The second kappa shape index (κ2) is 7.61. The zero-order valence-electron chi connectivity index (χ0n) is 13.0. The van der Waals surface area contributed by atoms with Gasteiger partial charge < -0.3 is 15.4 Å². The molecular weight excluding hydrogens is 276 g/mol. The van der Waals surface area contributed by atoms with Crippen LogP contribution >= 0.6 is 0 Å². The first-order chi connectivity index (χ1) is 10.6. The molecule has 0 heterocycles. The lowest BCUT2D eigenvalue weighted by Crippen LogP contribution is -2.42. The van der Waals surface area contributed by atoms with Crippen molar-refractivity contribution in [1.29, 1.82) is 0 Å². The second-order valence-corrected chi connectivity index (χ2v) is 5.34. The zero-order chi connectivity index (χ0) is 15.9. The Kier molecular flexibility index (Phi) is 5.55. The molecule has 0 saturated carbocycles. The van der Waals surface area contributed by atoms with Gasteiger partial charge in [-0.15, -0.1) is 0 Å². The fraction of sp³-hybridized carbons (Fsp3) is 0.278. The molecule has 0 spiro atoms. The second-order valence-electron chi connectivity index (χ2n) is 5.34. The summed E-state index contributed by atoms with van der Waals surface area (Å²) in [5, 5.41) is 0. The van der Waals surface area contributed by atoms with Crippen molar-refractivity contribution in [1.82, 2.24) is 4.90 Å². The third-order valence-corrected chi connectivity index (χ3v) is 3.55. The summed E-state index contributed by atoms with van der Waals surface area (Å²) in [4.78, 5) is 14.0. The highest BCUT2D eigenvalue weighted by atomic mass is 16.5. The van der Waals surface area contributed by atoms with E-state index < -0.39 is 6.04 Å². The van der Waals surface area contributed by atoms with Crippen molar-refractivity contribution < 1.29 is 9.53 Å². The van der Waals surface area contributed by atoms with Crippen LogP contribution in [0.15, 0.2) is 54.6 Å². The molecule has 0 aliphatic carbocycles. The fourth-order valence-electron chi connectivity index (χ4n) is 2.36. The maximum Gasteiger partial charge on any atom is 0.239 e. The van der Waals surface area contributed by atoms with Crippen molar-refractivity contribution in [3.8, 4) is 5.75 Å². The first kappa shape index (κ1) is 16.0. The molecule has 2 aromatic carbocycles. The summed E-state index contributed by atoms with van der Waals surface area (Å²) in [7, 11) is 3.40. The smallest absolute Gasteiger partial charge is 0.239 e. The van der Waals surface area contributed by atoms with Gasteiger partial charge in [-0.2, -0.15) is 0 Å². The number of benzene rings is 2. The molecule has 2 aromatic rings. The highest BCUT2D eigenvalue weighted by Crippen LogP contribution is 2.14. The summed E-state index contributed by atoms with van der Waals surface area (Å²) in [5.74, 6) is 0.721. The first-order valence-corrected chi connectivity index (χ1v) is 7.27. The molecule has 0 radical (unpaired) electrons. The van der Waals surface area contributed by atoms with Crippen LogP contribution in [0.25, 0.3) is 0 Å². The Morgan fingerprint density at radius 2 is 1.82 bits per heavy atom. The van der Waals surface area contributed by atoms with E-state index in [0.29, 0.717) is 13.0 Å². The number of carbonyl (C=O) groups is 1. The molecule has 4 heteroatoms. The third kappa shape index (κ3) is 4.33. The first-order valence-electron chi connectivity index (χ1n) is 7.27. The van der Waals surface area contributed by atoms with E-state index in [1.807, 2.05) is 54.6 Å². The van der Waals surface area contributed by atoms with Crippen molar-refractivity contribution in [2.75, 3.05) is 14.2 Å². The Morgan fingerprint density at radius 3 is 2.50 bits per heavy atom. The molecule has 2 rings (SSSR count). The molecule has 0 bridgehead atoms. The van der Waals surface area contributed by atoms with E-state index in [1.165, 1.54) is 0 Å². The molecule has 1 amide bonds. The maximum atomic E-state index is 12.4. The van der Waals surface area contributed by atoms with Gasteiger partial charge in [0.25, 0.3) is 0 Å². The maximum absolute atomic E-state index is 12.4. The Balaban J connectivity index is 1.96. The molecule has 1 unspecified atom stereocenters. The molecule has 0 aromatic heterocycles. The van der Waals surface area contributed by atoms with Gasteiger partial charge in [-0.3, -0.25) is 4.79 Å². The van der Waals surface area contributed by atoms with Crippen LogP contribution in [-0.4, -0.2) is 31.0 Å². The summed E-state index contributed by atoms with van der Waals surface area (Å²) in [6.45, 7) is 0.512. The molecule has 22 heavy (non-hydrogen) atoms. The number of ether oxygens (including phenoxy) is 1. The Morgan fingerprint density at radius 1 is 1.14 bits per heavy atom. The quantitative estimate of drug-likeness (QED) is 0.889. The monoisotopic (exact) mass is 298 g/mol. The normalized spacial score (nSPS) is 11.8. The van der Waals surface area contributed by atoms with Crippen LogP contribution in [0.4, 0.5) is 0 Å². The van der Waals surface area contributed by atoms with Gasteiger partial charge in [-0.05, 0) is 29.7 Å². The number of nitrogens with two attached hydrogens (primary N) is 1. The minimum absolute atomic E-state index is 0.0633. The summed E-state index contributed by atoms with van der Waals surface area (Å²) < 4.78 is 5.20. The summed E-state index contributed by atoms with van der Waals surface area (Å²) in [6.07, 6.45) is 0.544. The topological polar surface area (TPSA) is 55.6 Å². The molecule has 1 atom stereocenters. The van der Waals surface area contributed by atoms with E-state index in [1.54, 1.807) is 19.1 Å². The number of nitrogens with zero attached hydrogens (tertiary/aromatic N) is 1. The average Bonchev–Trinajstić information content (AvgIpc) is 2.55. The molecule has 116 valence electrons. The van der Waals surface area contributed by atoms with Gasteiger partial charge >= 0.3 is 0 Å². The van der Waals surface area contributed by atoms with E-state index in [0.717, 1.165) is 16.9 Å². The summed E-state index contributed by atoms with van der Waals surface area (Å²) in [6, 6.07) is 17.0. The van der Waals surface area contributed by atoms with Gasteiger partial charge in [0.15, 0.2) is 0 Å². The van der Waals surface area contributed by atoms with Gasteiger partial charge in [0, 0.05) is 13.6 Å². The Bertz CT molecular complexity index is 613. The highest BCUT2D eigenvalue weighted by Gasteiger charge is 2.18. The Hall–Kier alpha value is -2.33. The largest absolute Gasteiger partial charge is 0.497 e. The number of hydrogen-bond acceptors (Lipinski definition) is 3. The van der Waals surface area contributed by atoms with Crippen LogP contribution in [0.2, 0.25) is 0 Å². The summed E-state index contributed by atoms with van der Waals surface area (Å²) >= 11 is 0. The van der Waals surface area contributed by atoms with Crippen LogP contribution in [0.1, 0.15) is 11.1 Å². The lowest BCUT2D eigenvalue weighted by Gasteiger charge is -2.21. The molecule has 0 saturated heterocycles. The molecule has 4 nitrogen and oxygen atoms in total. The van der Waals surface area contributed by atoms with Crippen LogP contribution < -0.4 is 10.5 Å². The van der Waals surface area contributed by atoms with E-state index >= 15 is 0 Å². The highest BCUT2D eigenvalue weighted by molar-refractivity contribution is 5.81. The lowest BCUT2D eigenvalue weighted by molar-refractivity contribution is -0.131. The Labute approximate surface area is 131 Å². The van der Waals surface area contributed by atoms with Crippen molar-refractivity contribution in [2.45, 2.75) is 19.0 Å². The minimum atomic E-state index is -0.530. The number of methoxy groups -OCH3 is 1. The van der Waals surface area contributed by atoms with Crippen LogP contribution in [0.3, 0.4) is 0 Å². The van der Waals surface area contributed by atoms with Crippen molar-refractivity contribution >= 4 is 5.91 Å². The van der Waals surface area contributed by atoms with Crippen LogP contribution in [0.5, 0.6) is 5.75 Å². The molecule has 0 aliphatic rings. The SMILES string of the molecule is COc1cccc(CN(C)C(=O)C(N)Cc2ccccc2)c1. The van der Waals surface area contributed by atoms with Crippen LogP contribution in [0, 0.1) is 0 Å². The standard InChI is InChI=1S/C18H22N2O2/c1-20(13-15-9-6-10-16(11-15)22-2)18(21)17(19)12-14-7-4-3-5-8-14/h3-11,17H,12-13,19H2,1-2H3. The van der Waals surface area contributed by atoms with E-state index in [2.05, 4.69) is 0 Å². The molecule has 0 fully saturated rings. The molecule has 0 aliphatic heterocycles. The lowest BCUT2D eigenvalue weighted by atomic mass is 10.1. The van der Waals surface area contributed by atoms with Crippen molar-refractivity contribution in [3.63, 3.8) is 0 Å². The number of amides is 1. The minimum Gasteiger partial charge on any atom is -0.497 e. The predicted molar refractivity (Wildman–Crippen MR) is 87.6 cm³/mol. The van der Waals surface area contributed by atoms with Crippen LogP contribution in [-0.2, 0) is 17.8 Å². The van der Waals surface area contributed by atoms with Gasteiger partial charge in [-0.25, -0.2) is 0 Å². The zero-order valence-corrected chi connectivity index (χ0v) is 13.0. The average molecular weight is 298 g/mol. The number of carbonyl (C=O) groups excluding carboxylic acids is 1. The van der Waals surface area contributed by atoms with E-state index in [4.69, 9.17) is 10.5 Å². The van der Waals surface area contributed by atoms with Crippen molar-refractivity contribution in [3.05, 3.63) is 65.7 Å². The van der Waals surface area contributed by atoms with Crippen molar-refractivity contribution in [2.24, 2.45) is 5.73 Å². The predicted octanol–water partition coefficient (Wildman–Crippen LogP) is 2.22. The number of hydrogen-bond donors (Lipinski definition) is 1. The van der Waals surface area contributed by atoms with Gasteiger partial charge in [0.2, 0.25) is 5.91 Å². The van der Waals surface area contributed by atoms with Gasteiger partial charge in [0.1, 0.15) is 5.75 Å². The molecular formula is C18H22N2O2. The molecule has 2 N–H and O–H groups in total. The number of likely N-dealkylation sites (N-methyl/N-ethyl adjacent to an activating group) is 1. The van der Waals surface area contributed by atoms with E-state index in [-0.39, 0.29) is 5.91 Å². The van der Waals surface area contributed by atoms with Gasteiger partial charge in [0.05, 0.1) is 13.2 Å². The fourth-order valence-corrected chi connectivity index (χ4v) is 2.36. The number of rotatable bonds is 6. The third-order valence-electron chi connectivity index (χ3n) is 3.55. The van der Waals surface area contributed by atoms with Gasteiger partial charge in [-0.1, -0.05) is 42.5 Å². The van der Waals surface area contributed by atoms with E-state index in [9.17, 15) is 4.79 Å².